The zero-order valence-electron chi connectivity index (χ0n) is 10.2. The van der Waals surface area contributed by atoms with Crippen LogP contribution in [0.2, 0.25) is 0 Å². The Bertz CT molecular complexity index is 616. The summed E-state index contributed by atoms with van der Waals surface area (Å²) in [6.45, 7) is 2.37. The van der Waals surface area contributed by atoms with Crippen LogP contribution in [-0.2, 0) is 0 Å². The van der Waals surface area contributed by atoms with Gasteiger partial charge in [0.05, 0.1) is 11.5 Å². The maximum absolute atomic E-state index is 11.0. The predicted octanol–water partition coefficient (Wildman–Crippen LogP) is 2.03. The number of nitrogens with two attached hydrogens (primary N) is 1. The number of anilines is 1. The Balaban J connectivity index is 2.55. The van der Waals surface area contributed by atoms with Crippen molar-refractivity contribution in [1.29, 1.82) is 0 Å². The maximum atomic E-state index is 11.0. The van der Waals surface area contributed by atoms with Gasteiger partial charge in [0.1, 0.15) is 12.1 Å². The quantitative estimate of drug-likeness (QED) is 0.666. The Morgan fingerprint density at radius 2 is 2.21 bits per heavy atom. The number of rotatable bonds is 4. The van der Waals surface area contributed by atoms with E-state index >= 15 is 0 Å². The molecule has 1 aromatic carbocycles. The molecular weight excluding hydrogens is 248 g/mol. The van der Waals surface area contributed by atoms with E-state index in [1.165, 1.54) is 6.33 Å². The maximum Gasteiger partial charge on any atom is 0.337 e. The fourth-order valence-corrected chi connectivity index (χ4v) is 1.68. The monoisotopic (exact) mass is 260 g/mol. The molecule has 0 radical (unpaired) electrons. The van der Waals surface area contributed by atoms with Gasteiger partial charge in [0, 0.05) is 5.56 Å². The first-order valence-corrected chi connectivity index (χ1v) is 5.61. The van der Waals surface area contributed by atoms with Gasteiger partial charge in [-0.05, 0) is 19.1 Å². The first-order valence-electron chi connectivity index (χ1n) is 5.61. The minimum Gasteiger partial charge on any atom is -0.494 e. The normalized spacial score (nSPS) is 10.2. The van der Waals surface area contributed by atoms with Crippen LogP contribution < -0.4 is 10.5 Å². The summed E-state index contributed by atoms with van der Waals surface area (Å²) >= 11 is 0. The van der Waals surface area contributed by atoms with Crippen LogP contribution in [0.4, 0.5) is 11.5 Å². The summed E-state index contributed by atoms with van der Waals surface area (Å²) in [7, 11) is 0. The third-order valence-corrected chi connectivity index (χ3v) is 2.45. The zero-order chi connectivity index (χ0) is 13.8. The Hall–Kier alpha value is -2.70. The van der Waals surface area contributed by atoms with Crippen LogP contribution in [0.15, 0.2) is 30.6 Å². The zero-order valence-corrected chi connectivity index (χ0v) is 10.2. The summed E-state index contributed by atoms with van der Waals surface area (Å²) < 4.78 is 5.35. The lowest BCUT2D eigenvalue weighted by atomic mass is 10.1. The van der Waals surface area contributed by atoms with Crippen molar-refractivity contribution < 1.29 is 9.66 Å². The van der Waals surface area contributed by atoms with Crippen LogP contribution >= 0.6 is 0 Å². The highest BCUT2D eigenvalue weighted by molar-refractivity contribution is 5.76. The van der Waals surface area contributed by atoms with Gasteiger partial charge < -0.3 is 10.5 Å². The first-order chi connectivity index (χ1) is 9.13. The molecule has 0 atom stereocenters. The highest BCUT2D eigenvalue weighted by atomic mass is 16.6. The van der Waals surface area contributed by atoms with Gasteiger partial charge in [-0.15, -0.1) is 0 Å². The third kappa shape index (κ3) is 2.59. The molecule has 0 saturated heterocycles. The second-order valence-electron chi connectivity index (χ2n) is 3.67. The lowest BCUT2D eigenvalue weighted by Crippen LogP contribution is -2.02. The molecule has 2 rings (SSSR count). The number of benzene rings is 1. The molecule has 0 fully saturated rings. The fourth-order valence-electron chi connectivity index (χ4n) is 1.68. The molecule has 1 heterocycles. The van der Waals surface area contributed by atoms with E-state index in [0.717, 1.165) is 0 Å². The van der Waals surface area contributed by atoms with E-state index in [2.05, 4.69) is 9.97 Å². The van der Waals surface area contributed by atoms with Crippen LogP contribution in [0.25, 0.3) is 11.3 Å². The average molecular weight is 260 g/mol. The van der Waals surface area contributed by atoms with Gasteiger partial charge in [-0.1, -0.05) is 12.1 Å². The molecule has 0 aliphatic heterocycles. The van der Waals surface area contributed by atoms with Gasteiger partial charge in [-0.2, -0.15) is 0 Å². The molecule has 0 amide bonds. The van der Waals surface area contributed by atoms with E-state index in [9.17, 15) is 10.1 Å². The number of hydrogen-bond donors (Lipinski definition) is 1. The van der Waals surface area contributed by atoms with Crippen molar-refractivity contribution in [3.8, 4) is 17.0 Å². The second kappa shape index (κ2) is 5.30. The summed E-state index contributed by atoms with van der Waals surface area (Å²) in [4.78, 5) is 18.0. The Morgan fingerprint density at radius 3 is 2.89 bits per heavy atom. The highest BCUT2D eigenvalue weighted by Gasteiger charge is 2.22. The molecule has 2 aromatic rings. The summed E-state index contributed by atoms with van der Waals surface area (Å²) in [5, 5.41) is 11.0. The number of hydrogen-bond acceptors (Lipinski definition) is 6. The Morgan fingerprint density at radius 1 is 1.42 bits per heavy atom. The van der Waals surface area contributed by atoms with Crippen LogP contribution in [0.5, 0.6) is 5.75 Å². The summed E-state index contributed by atoms with van der Waals surface area (Å²) in [5.41, 5.74) is 5.98. The molecule has 7 heteroatoms. The standard InChI is InChI=1S/C12H12N4O3/c1-2-19-9-5-3-4-8(6-9)10-11(16(17)18)12(13)15-7-14-10/h3-7H,2H2,1H3,(H2,13,14,15). The van der Waals surface area contributed by atoms with Crippen LogP contribution in [0, 0.1) is 10.1 Å². The van der Waals surface area contributed by atoms with E-state index < -0.39 is 4.92 Å². The van der Waals surface area contributed by atoms with Gasteiger partial charge in [-0.25, -0.2) is 9.97 Å². The van der Waals surface area contributed by atoms with Crippen molar-refractivity contribution in [2.45, 2.75) is 6.92 Å². The summed E-state index contributed by atoms with van der Waals surface area (Å²) in [6, 6.07) is 6.89. The molecule has 0 saturated carbocycles. The number of nitro groups is 1. The molecule has 1 aromatic heterocycles. The third-order valence-electron chi connectivity index (χ3n) is 2.45. The molecule has 0 unspecified atom stereocenters. The second-order valence-corrected chi connectivity index (χ2v) is 3.67. The molecule has 98 valence electrons. The van der Waals surface area contributed by atoms with Crippen molar-refractivity contribution in [2.24, 2.45) is 0 Å². The SMILES string of the molecule is CCOc1cccc(-c2ncnc(N)c2[N+](=O)[O-])c1. The van der Waals surface area contributed by atoms with E-state index in [1.54, 1.807) is 24.3 Å². The Kier molecular flexibility index (Phi) is 3.56. The fraction of sp³-hybridized carbons (Fsp3) is 0.167. The van der Waals surface area contributed by atoms with Gasteiger partial charge in [-0.3, -0.25) is 10.1 Å². The van der Waals surface area contributed by atoms with E-state index in [1.807, 2.05) is 6.92 Å². The molecule has 0 bridgehead atoms. The lowest BCUT2D eigenvalue weighted by Gasteiger charge is -2.06. The van der Waals surface area contributed by atoms with Gasteiger partial charge in [0.15, 0.2) is 5.69 Å². The van der Waals surface area contributed by atoms with E-state index in [4.69, 9.17) is 10.5 Å². The summed E-state index contributed by atoms with van der Waals surface area (Å²) in [5.74, 6) is 0.461. The van der Waals surface area contributed by atoms with Gasteiger partial charge in [0.2, 0.25) is 5.82 Å². The van der Waals surface area contributed by atoms with E-state index in [0.29, 0.717) is 17.9 Å². The first kappa shape index (κ1) is 12.7. The van der Waals surface area contributed by atoms with Crippen molar-refractivity contribution in [1.82, 2.24) is 9.97 Å². The molecule has 0 spiro atoms. The molecule has 0 aliphatic carbocycles. The summed E-state index contributed by atoms with van der Waals surface area (Å²) in [6.07, 6.45) is 1.20. The topological polar surface area (TPSA) is 104 Å². The lowest BCUT2D eigenvalue weighted by molar-refractivity contribution is -0.383. The van der Waals surface area contributed by atoms with Crippen LogP contribution in [0.1, 0.15) is 6.92 Å². The average Bonchev–Trinajstić information content (AvgIpc) is 2.38. The number of ether oxygens (including phenoxy) is 1. The van der Waals surface area contributed by atoms with Crippen molar-refractivity contribution in [3.05, 3.63) is 40.7 Å². The van der Waals surface area contributed by atoms with E-state index in [-0.39, 0.29) is 17.2 Å². The van der Waals surface area contributed by atoms with Crippen LogP contribution in [-0.4, -0.2) is 21.5 Å². The van der Waals surface area contributed by atoms with Crippen molar-refractivity contribution >= 4 is 11.5 Å². The number of aromatic nitrogens is 2. The minimum atomic E-state index is -0.585. The largest absolute Gasteiger partial charge is 0.494 e. The minimum absolute atomic E-state index is 0.156. The predicted molar refractivity (Wildman–Crippen MR) is 69.7 cm³/mol. The Labute approximate surface area is 109 Å². The van der Waals surface area contributed by atoms with Crippen LogP contribution in [0.3, 0.4) is 0 Å². The number of nitrogens with zero attached hydrogens (tertiary/aromatic N) is 3. The van der Waals surface area contributed by atoms with Crippen molar-refractivity contribution in [2.75, 3.05) is 12.3 Å². The highest BCUT2D eigenvalue weighted by Crippen LogP contribution is 2.32. The van der Waals surface area contributed by atoms with Gasteiger partial charge in [0.25, 0.3) is 0 Å². The van der Waals surface area contributed by atoms with Gasteiger partial charge >= 0.3 is 5.69 Å². The smallest absolute Gasteiger partial charge is 0.337 e. The molecule has 0 aliphatic rings. The molecular formula is C12H12N4O3. The molecule has 2 N–H and O–H groups in total. The number of nitrogen functional groups attached to an aromatic ring is 1. The molecule has 19 heavy (non-hydrogen) atoms. The molecule has 7 nitrogen and oxygen atoms in total. The van der Waals surface area contributed by atoms with Crippen molar-refractivity contribution in [3.63, 3.8) is 0 Å².